The van der Waals surface area contributed by atoms with E-state index in [1.54, 1.807) is 0 Å². The van der Waals surface area contributed by atoms with E-state index in [2.05, 4.69) is 50.2 Å². The normalized spacial score (nSPS) is 15.0. The van der Waals surface area contributed by atoms with Gasteiger partial charge in [0.15, 0.2) is 0 Å². The van der Waals surface area contributed by atoms with Crippen molar-refractivity contribution >= 4 is 18.3 Å². The number of halogens is 1. The summed E-state index contributed by atoms with van der Waals surface area (Å²) >= 11 is 0. The van der Waals surface area contributed by atoms with Gasteiger partial charge in [-0.1, -0.05) is 50.2 Å². The first-order valence-electron chi connectivity index (χ1n) is 8.69. The summed E-state index contributed by atoms with van der Waals surface area (Å²) in [5.41, 5.74) is 4.56. The number of carbonyl (C=O) groups excluding carboxylic acids is 1. The van der Waals surface area contributed by atoms with E-state index in [4.69, 9.17) is 0 Å². The van der Waals surface area contributed by atoms with Gasteiger partial charge in [-0.2, -0.15) is 0 Å². The third-order valence-electron chi connectivity index (χ3n) is 4.92. The number of likely N-dealkylation sites (tertiary alicyclic amines) is 1. The zero-order valence-corrected chi connectivity index (χ0v) is 15.3. The maximum absolute atomic E-state index is 12.6. The number of carbonyl (C=O) groups is 1. The van der Waals surface area contributed by atoms with Crippen molar-refractivity contribution in [1.82, 2.24) is 4.90 Å². The minimum absolute atomic E-state index is 0. The molecule has 3 heteroatoms. The summed E-state index contributed by atoms with van der Waals surface area (Å²) in [6.07, 6.45) is 3.37. The molecule has 0 aliphatic carbocycles. The highest BCUT2D eigenvalue weighted by Gasteiger charge is 2.20. The third-order valence-corrected chi connectivity index (χ3v) is 4.92. The largest absolute Gasteiger partial charge is 0.339 e. The second-order valence-corrected chi connectivity index (χ2v) is 6.48. The average Bonchev–Trinajstić information content (AvgIpc) is 3.15. The lowest BCUT2D eigenvalue weighted by atomic mass is 9.89. The lowest BCUT2D eigenvalue weighted by Gasteiger charge is -2.18. The van der Waals surface area contributed by atoms with Gasteiger partial charge in [-0.05, 0) is 54.0 Å². The Morgan fingerprint density at radius 2 is 1.79 bits per heavy atom. The molecule has 1 aliphatic heterocycles. The maximum atomic E-state index is 12.6. The minimum Gasteiger partial charge on any atom is -0.339 e. The molecule has 1 atom stereocenters. The van der Waals surface area contributed by atoms with Crippen LogP contribution < -0.4 is 0 Å². The molecule has 1 saturated heterocycles. The molecule has 0 N–H and O–H groups in total. The molecular weight excluding hydrogens is 318 g/mol. The molecule has 0 saturated carbocycles. The van der Waals surface area contributed by atoms with E-state index in [1.807, 2.05) is 17.0 Å². The molecular formula is C21H26ClNO. The van der Waals surface area contributed by atoms with Gasteiger partial charge in [0.05, 0.1) is 0 Å². The first-order chi connectivity index (χ1) is 11.2. The van der Waals surface area contributed by atoms with Gasteiger partial charge in [0, 0.05) is 18.7 Å². The zero-order valence-electron chi connectivity index (χ0n) is 14.5. The van der Waals surface area contributed by atoms with Crippen molar-refractivity contribution in [3.8, 4) is 11.1 Å². The van der Waals surface area contributed by atoms with Crippen LogP contribution in [0.4, 0.5) is 0 Å². The van der Waals surface area contributed by atoms with E-state index in [0.29, 0.717) is 5.92 Å². The Labute approximate surface area is 151 Å². The Balaban J connectivity index is 0.00000208. The molecule has 0 spiro atoms. The van der Waals surface area contributed by atoms with Crippen molar-refractivity contribution in [3.63, 3.8) is 0 Å². The van der Waals surface area contributed by atoms with E-state index in [-0.39, 0.29) is 18.3 Å². The second kappa shape index (κ2) is 8.34. The summed E-state index contributed by atoms with van der Waals surface area (Å²) in [7, 11) is 0. The van der Waals surface area contributed by atoms with Gasteiger partial charge < -0.3 is 4.90 Å². The van der Waals surface area contributed by atoms with E-state index >= 15 is 0 Å². The number of benzene rings is 2. The second-order valence-electron chi connectivity index (χ2n) is 6.48. The van der Waals surface area contributed by atoms with E-state index in [9.17, 15) is 4.79 Å². The maximum Gasteiger partial charge on any atom is 0.253 e. The van der Waals surface area contributed by atoms with Gasteiger partial charge in [0.1, 0.15) is 0 Å². The van der Waals surface area contributed by atoms with Gasteiger partial charge >= 0.3 is 0 Å². The van der Waals surface area contributed by atoms with Crippen LogP contribution in [0.5, 0.6) is 0 Å². The van der Waals surface area contributed by atoms with Gasteiger partial charge in [0.25, 0.3) is 5.91 Å². The standard InChI is InChI=1S/C21H25NO.ClH/c1-3-16(2)19-11-4-5-12-20(19)17-9-8-10-18(15-17)21(23)22-13-6-7-14-22;/h4-5,8-12,15-16H,3,6-7,13-14H2,1-2H3;1H. The summed E-state index contributed by atoms with van der Waals surface area (Å²) < 4.78 is 0. The van der Waals surface area contributed by atoms with Gasteiger partial charge in [-0.15, -0.1) is 12.4 Å². The van der Waals surface area contributed by atoms with Gasteiger partial charge in [-0.25, -0.2) is 0 Å². The lowest BCUT2D eigenvalue weighted by Crippen LogP contribution is -2.27. The van der Waals surface area contributed by atoms with E-state index in [0.717, 1.165) is 43.5 Å². The first kappa shape index (κ1) is 18.5. The topological polar surface area (TPSA) is 20.3 Å². The fourth-order valence-electron chi connectivity index (χ4n) is 3.33. The van der Waals surface area contributed by atoms with Crippen LogP contribution >= 0.6 is 12.4 Å². The van der Waals surface area contributed by atoms with Crippen LogP contribution in [0.25, 0.3) is 11.1 Å². The Morgan fingerprint density at radius 1 is 1.08 bits per heavy atom. The monoisotopic (exact) mass is 343 g/mol. The predicted octanol–water partition coefficient (Wildman–Crippen LogP) is 5.52. The molecule has 2 aromatic carbocycles. The molecule has 2 aromatic rings. The Kier molecular flexibility index (Phi) is 6.44. The first-order valence-corrected chi connectivity index (χ1v) is 8.69. The molecule has 1 amide bonds. The van der Waals surface area contributed by atoms with Gasteiger partial charge in [0.2, 0.25) is 0 Å². The SMILES string of the molecule is CCC(C)c1ccccc1-c1cccc(C(=O)N2CCCC2)c1.Cl. The van der Waals surface area contributed by atoms with E-state index < -0.39 is 0 Å². The van der Waals surface area contributed by atoms with Crippen molar-refractivity contribution in [1.29, 1.82) is 0 Å². The number of nitrogens with zero attached hydrogens (tertiary/aromatic N) is 1. The van der Waals surface area contributed by atoms with Crippen molar-refractivity contribution in [3.05, 3.63) is 59.7 Å². The lowest BCUT2D eigenvalue weighted by molar-refractivity contribution is 0.0793. The highest BCUT2D eigenvalue weighted by Crippen LogP contribution is 2.31. The number of hydrogen-bond acceptors (Lipinski definition) is 1. The van der Waals surface area contributed by atoms with E-state index in [1.165, 1.54) is 11.1 Å². The number of amides is 1. The summed E-state index contributed by atoms with van der Waals surface area (Å²) in [6, 6.07) is 16.7. The number of rotatable bonds is 4. The van der Waals surface area contributed by atoms with Crippen molar-refractivity contribution in [2.45, 2.75) is 39.0 Å². The average molecular weight is 344 g/mol. The van der Waals surface area contributed by atoms with Gasteiger partial charge in [-0.3, -0.25) is 4.79 Å². The van der Waals surface area contributed by atoms with Crippen LogP contribution in [-0.4, -0.2) is 23.9 Å². The van der Waals surface area contributed by atoms with Crippen LogP contribution in [-0.2, 0) is 0 Å². The van der Waals surface area contributed by atoms with Crippen molar-refractivity contribution in [2.24, 2.45) is 0 Å². The van der Waals surface area contributed by atoms with Crippen molar-refractivity contribution < 1.29 is 4.79 Å². The molecule has 128 valence electrons. The Morgan fingerprint density at radius 3 is 2.50 bits per heavy atom. The molecule has 24 heavy (non-hydrogen) atoms. The molecule has 0 aromatic heterocycles. The summed E-state index contributed by atoms with van der Waals surface area (Å²) in [5.74, 6) is 0.689. The zero-order chi connectivity index (χ0) is 16.2. The number of hydrogen-bond donors (Lipinski definition) is 0. The Hall–Kier alpha value is -1.80. The predicted molar refractivity (Wildman–Crippen MR) is 103 cm³/mol. The molecule has 1 fully saturated rings. The summed E-state index contributed by atoms with van der Waals surface area (Å²) in [4.78, 5) is 14.6. The molecule has 0 bridgehead atoms. The fourth-order valence-corrected chi connectivity index (χ4v) is 3.33. The smallest absolute Gasteiger partial charge is 0.253 e. The van der Waals surface area contributed by atoms with Crippen LogP contribution in [0, 0.1) is 0 Å². The molecule has 0 radical (unpaired) electrons. The summed E-state index contributed by atoms with van der Waals surface area (Å²) in [6.45, 7) is 6.27. The van der Waals surface area contributed by atoms with Crippen molar-refractivity contribution in [2.75, 3.05) is 13.1 Å². The highest BCUT2D eigenvalue weighted by atomic mass is 35.5. The van der Waals surface area contributed by atoms with Crippen LogP contribution in [0.15, 0.2) is 48.5 Å². The molecule has 1 aliphatic rings. The Bertz CT molecular complexity index is 692. The van der Waals surface area contributed by atoms with Crippen LogP contribution in [0.3, 0.4) is 0 Å². The molecule has 1 heterocycles. The fraction of sp³-hybridized carbons (Fsp3) is 0.381. The molecule has 1 unspecified atom stereocenters. The highest BCUT2D eigenvalue weighted by molar-refractivity contribution is 5.95. The quantitative estimate of drug-likeness (QED) is 0.715. The molecule has 2 nitrogen and oxygen atoms in total. The molecule has 3 rings (SSSR count). The van der Waals surface area contributed by atoms with Crippen LogP contribution in [0.1, 0.15) is 54.9 Å². The summed E-state index contributed by atoms with van der Waals surface area (Å²) in [5, 5.41) is 0. The minimum atomic E-state index is 0. The third kappa shape index (κ3) is 3.81. The van der Waals surface area contributed by atoms with Crippen LogP contribution in [0.2, 0.25) is 0 Å².